The Morgan fingerprint density at radius 1 is 1.00 bits per heavy atom. The number of rotatable bonds is 3. The van der Waals surface area contributed by atoms with Crippen molar-refractivity contribution in [2.45, 2.75) is 19.1 Å². The van der Waals surface area contributed by atoms with Crippen LogP contribution in [0.25, 0.3) is 0 Å². The molecule has 4 rings (SSSR count). The van der Waals surface area contributed by atoms with Crippen molar-refractivity contribution in [2.24, 2.45) is 0 Å². The number of amides is 1. The molecule has 1 amide bonds. The molecule has 0 radical (unpaired) electrons. The molecule has 0 fully saturated rings. The summed E-state index contributed by atoms with van der Waals surface area (Å²) in [7, 11) is 0. The lowest BCUT2D eigenvalue weighted by atomic mass is 9.87. The summed E-state index contributed by atoms with van der Waals surface area (Å²) in [6.45, 7) is 2.33. The van der Waals surface area contributed by atoms with Crippen LogP contribution in [0.1, 0.15) is 22.3 Å². The molecule has 130 valence electrons. The lowest BCUT2D eigenvalue weighted by Gasteiger charge is -2.24. The smallest absolute Gasteiger partial charge is 0.268 e. The van der Waals surface area contributed by atoms with E-state index in [1.165, 1.54) is 18.2 Å². The molecule has 0 saturated heterocycles. The van der Waals surface area contributed by atoms with Crippen LogP contribution in [-0.4, -0.2) is 11.0 Å². The zero-order chi connectivity index (χ0) is 18.3. The molecule has 3 aromatic carbocycles. The molecule has 26 heavy (non-hydrogen) atoms. The number of aliphatic hydroxyl groups is 1. The minimum absolute atomic E-state index is 0.238. The second-order valence-corrected chi connectivity index (χ2v) is 6.56. The number of aryl methyl sites for hydroxylation is 1. The number of anilines is 1. The summed E-state index contributed by atoms with van der Waals surface area (Å²) in [5.74, 6) is -0.953. The van der Waals surface area contributed by atoms with Crippen molar-refractivity contribution in [3.63, 3.8) is 0 Å². The fourth-order valence-corrected chi connectivity index (χ4v) is 3.54. The molecular weight excluding hydrogens is 329 g/mol. The van der Waals surface area contributed by atoms with E-state index in [1.807, 2.05) is 43.3 Å². The average molecular weight is 347 g/mol. The maximum atomic E-state index is 13.8. The molecule has 3 aromatic rings. The van der Waals surface area contributed by atoms with Gasteiger partial charge in [-0.3, -0.25) is 4.79 Å². The van der Waals surface area contributed by atoms with E-state index in [9.17, 15) is 14.3 Å². The van der Waals surface area contributed by atoms with Gasteiger partial charge in [-0.2, -0.15) is 0 Å². The van der Waals surface area contributed by atoms with E-state index in [0.29, 0.717) is 17.8 Å². The molecule has 0 saturated carbocycles. The summed E-state index contributed by atoms with van der Waals surface area (Å²) in [4.78, 5) is 14.8. The number of halogens is 1. The highest BCUT2D eigenvalue weighted by Gasteiger charge is 2.51. The molecule has 0 bridgehead atoms. The standard InChI is InChI=1S/C22H18FNO2/c1-15-7-2-3-8-16(15)14-24-20-12-5-4-11-19(20)22(26,21(24)25)17-9-6-10-18(23)13-17/h2-13,26H,14H2,1H3/t22-/m1/s1. The van der Waals surface area contributed by atoms with Crippen LogP contribution in [0.5, 0.6) is 0 Å². The first-order valence-electron chi connectivity index (χ1n) is 8.46. The number of hydrogen-bond acceptors (Lipinski definition) is 2. The summed E-state index contributed by atoms with van der Waals surface area (Å²) >= 11 is 0. The predicted octanol–water partition coefficient (Wildman–Crippen LogP) is 3.92. The van der Waals surface area contributed by atoms with E-state index in [0.717, 1.165) is 11.1 Å². The van der Waals surface area contributed by atoms with Crippen molar-refractivity contribution in [1.82, 2.24) is 0 Å². The van der Waals surface area contributed by atoms with Gasteiger partial charge in [-0.25, -0.2) is 4.39 Å². The highest BCUT2D eigenvalue weighted by atomic mass is 19.1. The van der Waals surface area contributed by atoms with Gasteiger partial charge in [0.15, 0.2) is 5.60 Å². The van der Waals surface area contributed by atoms with Gasteiger partial charge in [0, 0.05) is 11.1 Å². The van der Waals surface area contributed by atoms with Gasteiger partial charge in [0.25, 0.3) is 5.91 Å². The van der Waals surface area contributed by atoms with Gasteiger partial charge in [0.05, 0.1) is 12.2 Å². The summed E-state index contributed by atoms with van der Waals surface area (Å²) in [5.41, 5.74) is 1.54. The lowest BCUT2D eigenvalue weighted by Crippen LogP contribution is -2.41. The molecule has 1 N–H and O–H groups in total. The fraction of sp³-hybridized carbons (Fsp3) is 0.136. The van der Waals surface area contributed by atoms with Gasteiger partial charge < -0.3 is 10.0 Å². The van der Waals surface area contributed by atoms with E-state index in [4.69, 9.17) is 0 Å². The Morgan fingerprint density at radius 2 is 1.73 bits per heavy atom. The van der Waals surface area contributed by atoms with Crippen LogP contribution in [0.3, 0.4) is 0 Å². The highest BCUT2D eigenvalue weighted by Crippen LogP contribution is 2.45. The minimum Gasteiger partial charge on any atom is -0.372 e. The van der Waals surface area contributed by atoms with Gasteiger partial charge in [-0.15, -0.1) is 0 Å². The predicted molar refractivity (Wildman–Crippen MR) is 98.2 cm³/mol. The zero-order valence-corrected chi connectivity index (χ0v) is 14.3. The number of carbonyl (C=O) groups is 1. The van der Waals surface area contributed by atoms with Crippen LogP contribution >= 0.6 is 0 Å². The van der Waals surface area contributed by atoms with Crippen molar-refractivity contribution in [1.29, 1.82) is 0 Å². The van der Waals surface area contributed by atoms with Gasteiger partial charge in [-0.1, -0.05) is 54.6 Å². The van der Waals surface area contributed by atoms with Crippen LogP contribution in [0.15, 0.2) is 72.8 Å². The average Bonchev–Trinajstić information content (AvgIpc) is 2.87. The normalized spacial score (nSPS) is 18.9. The second-order valence-electron chi connectivity index (χ2n) is 6.56. The number of nitrogens with zero attached hydrogens (tertiary/aromatic N) is 1. The fourth-order valence-electron chi connectivity index (χ4n) is 3.54. The molecule has 0 aromatic heterocycles. The van der Waals surface area contributed by atoms with E-state index >= 15 is 0 Å². The molecule has 0 aliphatic carbocycles. The molecule has 0 spiro atoms. The number of carbonyl (C=O) groups excluding carboxylic acids is 1. The lowest BCUT2D eigenvalue weighted by molar-refractivity contribution is -0.132. The second kappa shape index (κ2) is 6.07. The Morgan fingerprint density at radius 3 is 2.50 bits per heavy atom. The Labute approximate surface area is 151 Å². The Kier molecular flexibility index (Phi) is 3.85. The monoisotopic (exact) mass is 347 g/mol. The molecule has 4 heteroatoms. The molecule has 1 aliphatic rings. The number of benzene rings is 3. The summed E-state index contributed by atoms with van der Waals surface area (Å²) in [6, 6.07) is 20.5. The zero-order valence-electron chi connectivity index (χ0n) is 14.3. The summed E-state index contributed by atoms with van der Waals surface area (Å²) < 4.78 is 13.8. The van der Waals surface area contributed by atoms with E-state index in [-0.39, 0.29) is 5.56 Å². The van der Waals surface area contributed by atoms with Crippen molar-refractivity contribution in [3.05, 3.63) is 101 Å². The third kappa shape index (κ3) is 2.42. The maximum Gasteiger partial charge on any atom is 0.268 e. The van der Waals surface area contributed by atoms with Gasteiger partial charge >= 0.3 is 0 Å². The first-order valence-corrected chi connectivity index (χ1v) is 8.46. The molecule has 0 unspecified atom stereocenters. The van der Waals surface area contributed by atoms with Crippen molar-refractivity contribution in [3.8, 4) is 0 Å². The Balaban J connectivity index is 1.84. The Bertz CT molecular complexity index is 1000. The highest BCUT2D eigenvalue weighted by molar-refractivity contribution is 6.09. The summed E-state index contributed by atoms with van der Waals surface area (Å²) in [6.07, 6.45) is 0. The molecule has 1 aliphatic heterocycles. The van der Waals surface area contributed by atoms with Crippen LogP contribution in [0.2, 0.25) is 0 Å². The van der Waals surface area contributed by atoms with E-state index in [2.05, 4.69) is 0 Å². The van der Waals surface area contributed by atoms with E-state index in [1.54, 1.807) is 23.1 Å². The van der Waals surface area contributed by atoms with Gasteiger partial charge in [0.1, 0.15) is 5.82 Å². The van der Waals surface area contributed by atoms with Crippen LogP contribution in [0.4, 0.5) is 10.1 Å². The summed E-state index contributed by atoms with van der Waals surface area (Å²) in [5, 5.41) is 11.4. The van der Waals surface area contributed by atoms with Crippen LogP contribution in [0, 0.1) is 12.7 Å². The number of hydrogen-bond donors (Lipinski definition) is 1. The first kappa shape index (κ1) is 16.5. The van der Waals surface area contributed by atoms with Crippen LogP contribution in [-0.2, 0) is 16.9 Å². The van der Waals surface area contributed by atoms with E-state index < -0.39 is 17.3 Å². The van der Waals surface area contributed by atoms with Crippen molar-refractivity contribution >= 4 is 11.6 Å². The first-order chi connectivity index (χ1) is 12.5. The van der Waals surface area contributed by atoms with Crippen molar-refractivity contribution in [2.75, 3.05) is 4.90 Å². The van der Waals surface area contributed by atoms with Crippen LogP contribution < -0.4 is 4.90 Å². The molecule has 1 atom stereocenters. The maximum absolute atomic E-state index is 13.8. The Hall–Kier alpha value is -2.98. The largest absolute Gasteiger partial charge is 0.372 e. The number of fused-ring (bicyclic) bond motifs is 1. The molecule has 3 nitrogen and oxygen atoms in total. The SMILES string of the molecule is Cc1ccccc1CN1C(=O)[C@@](O)(c2cccc(F)c2)c2ccccc21. The van der Waals surface area contributed by atoms with Crippen molar-refractivity contribution < 1.29 is 14.3 Å². The van der Waals surface area contributed by atoms with Gasteiger partial charge in [-0.05, 0) is 36.2 Å². The minimum atomic E-state index is -1.89. The third-order valence-electron chi connectivity index (χ3n) is 4.97. The molecular formula is C22H18FNO2. The third-order valence-corrected chi connectivity index (χ3v) is 4.97. The molecule has 1 heterocycles. The topological polar surface area (TPSA) is 40.5 Å². The van der Waals surface area contributed by atoms with Gasteiger partial charge in [0.2, 0.25) is 0 Å². The quantitative estimate of drug-likeness (QED) is 0.780. The number of para-hydroxylation sites is 1.